The van der Waals surface area contributed by atoms with Crippen molar-refractivity contribution >= 4 is 17.4 Å². The first-order valence-electron chi connectivity index (χ1n) is 8.23. The van der Waals surface area contributed by atoms with E-state index in [0.29, 0.717) is 23.9 Å². The fraction of sp³-hybridized carbons (Fsp3) is 0.529. The van der Waals surface area contributed by atoms with E-state index < -0.39 is 0 Å². The molecule has 0 spiro atoms. The molecule has 23 heavy (non-hydrogen) atoms. The quantitative estimate of drug-likeness (QED) is 0.782. The molecule has 0 unspecified atom stereocenters. The second-order valence-electron chi connectivity index (χ2n) is 6.16. The van der Waals surface area contributed by atoms with E-state index in [9.17, 15) is 10.2 Å². The van der Waals surface area contributed by atoms with Crippen molar-refractivity contribution in [3.63, 3.8) is 0 Å². The lowest BCUT2D eigenvalue weighted by atomic mass is 9.95. The number of likely N-dealkylation sites (N-methyl/N-ethyl adjacent to an activating group) is 1. The van der Waals surface area contributed by atoms with Gasteiger partial charge in [0.15, 0.2) is 5.76 Å². The van der Waals surface area contributed by atoms with Crippen molar-refractivity contribution < 1.29 is 15.1 Å². The van der Waals surface area contributed by atoms with Gasteiger partial charge in [-0.05, 0) is 25.8 Å². The number of nitrogens with one attached hydrogen (secondary N) is 1. The maximum atomic E-state index is 10.2. The van der Waals surface area contributed by atoms with Gasteiger partial charge < -0.3 is 20.4 Å². The number of hydroxylamine groups is 2. The normalized spacial score (nSPS) is 19.9. The second-order valence-corrected chi connectivity index (χ2v) is 6.56. The van der Waals surface area contributed by atoms with Crippen molar-refractivity contribution in [1.29, 1.82) is 0 Å². The van der Waals surface area contributed by atoms with Crippen molar-refractivity contribution in [2.24, 2.45) is 0 Å². The smallest absolute Gasteiger partial charge is 0.178 e. The second kappa shape index (κ2) is 6.89. The van der Waals surface area contributed by atoms with Crippen LogP contribution in [0.4, 0.5) is 0 Å². The van der Waals surface area contributed by atoms with Crippen LogP contribution in [0.2, 0.25) is 5.02 Å². The Bertz CT molecular complexity index is 612. The Morgan fingerprint density at radius 3 is 2.65 bits per heavy atom. The first-order chi connectivity index (χ1) is 11.1. The van der Waals surface area contributed by atoms with Crippen LogP contribution in [0.25, 0.3) is 5.76 Å². The van der Waals surface area contributed by atoms with Crippen LogP contribution >= 0.6 is 11.6 Å². The van der Waals surface area contributed by atoms with Crippen LogP contribution in [0.3, 0.4) is 0 Å². The van der Waals surface area contributed by atoms with Crippen molar-refractivity contribution in [3.8, 4) is 11.5 Å². The fourth-order valence-corrected chi connectivity index (χ4v) is 3.35. The standard InChI is InChI=1S/C17H23ClN2O3/c1-2-20-10-14(19-11-6-4-3-5-7-11)17(23-20)12-8-13(18)16(22)9-15(12)21/h8-9,11,19,21-22H,2-7,10H2,1H3. The number of rotatable bonds is 4. The molecule has 2 aliphatic rings. The summed E-state index contributed by atoms with van der Waals surface area (Å²) in [4.78, 5) is 5.88. The van der Waals surface area contributed by atoms with Gasteiger partial charge in [0.25, 0.3) is 0 Å². The van der Waals surface area contributed by atoms with Crippen molar-refractivity contribution in [2.45, 2.75) is 45.1 Å². The van der Waals surface area contributed by atoms with Gasteiger partial charge in [-0.1, -0.05) is 30.9 Å². The summed E-state index contributed by atoms with van der Waals surface area (Å²) < 4.78 is 0. The van der Waals surface area contributed by atoms with Gasteiger partial charge in [0.1, 0.15) is 11.5 Å². The summed E-state index contributed by atoms with van der Waals surface area (Å²) in [5.41, 5.74) is 1.47. The van der Waals surface area contributed by atoms with E-state index in [4.69, 9.17) is 16.4 Å². The van der Waals surface area contributed by atoms with Gasteiger partial charge in [0.2, 0.25) is 0 Å². The minimum atomic E-state index is -0.138. The fourth-order valence-electron chi connectivity index (χ4n) is 3.19. The van der Waals surface area contributed by atoms with Crippen molar-refractivity contribution in [1.82, 2.24) is 10.4 Å². The molecule has 1 fully saturated rings. The predicted molar refractivity (Wildman–Crippen MR) is 90.0 cm³/mol. The van der Waals surface area contributed by atoms with E-state index in [-0.39, 0.29) is 16.5 Å². The lowest BCUT2D eigenvalue weighted by molar-refractivity contribution is -0.0568. The van der Waals surface area contributed by atoms with Crippen LogP contribution in [0.1, 0.15) is 44.6 Å². The van der Waals surface area contributed by atoms with Gasteiger partial charge in [-0.25, -0.2) is 0 Å². The Morgan fingerprint density at radius 1 is 1.22 bits per heavy atom. The molecule has 3 N–H and O–H groups in total. The highest BCUT2D eigenvalue weighted by Gasteiger charge is 2.28. The molecule has 0 saturated heterocycles. The minimum Gasteiger partial charge on any atom is -0.507 e. The number of halogens is 1. The SMILES string of the molecule is CCN1CC(NC2CCCCC2)=C(c2cc(Cl)c(O)cc2O)O1. The van der Waals surface area contributed by atoms with E-state index in [2.05, 4.69) is 5.32 Å². The number of benzene rings is 1. The summed E-state index contributed by atoms with van der Waals surface area (Å²) in [5.74, 6) is 0.417. The Labute approximate surface area is 141 Å². The van der Waals surface area contributed by atoms with Crippen LogP contribution in [0, 0.1) is 0 Å². The highest BCUT2D eigenvalue weighted by molar-refractivity contribution is 6.32. The Hall–Kier alpha value is -1.59. The highest BCUT2D eigenvalue weighted by Crippen LogP contribution is 2.38. The summed E-state index contributed by atoms with van der Waals surface area (Å²) in [7, 11) is 0. The molecule has 0 atom stereocenters. The number of nitrogens with zero attached hydrogens (tertiary/aromatic N) is 1. The first-order valence-corrected chi connectivity index (χ1v) is 8.60. The molecule has 1 heterocycles. The zero-order chi connectivity index (χ0) is 16.4. The highest BCUT2D eigenvalue weighted by atomic mass is 35.5. The van der Waals surface area contributed by atoms with E-state index in [0.717, 1.165) is 25.1 Å². The summed E-state index contributed by atoms with van der Waals surface area (Å²) in [6.45, 7) is 3.41. The molecule has 5 nitrogen and oxygen atoms in total. The minimum absolute atomic E-state index is 0.0391. The largest absolute Gasteiger partial charge is 0.507 e. The third kappa shape index (κ3) is 3.51. The zero-order valence-corrected chi connectivity index (χ0v) is 14.1. The predicted octanol–water partition coefficient (Wildman–Crippen LogP) is 3.61. The summed E-state index contributed by atoms with van der Waals surface area (Å²) in [6, 6.07) is 3.24. The molecule has 1 aliphatic heterocycles. The average molecular weight is 339 g/mol. The molecule has 1 saturated carbocycles. The monoisotopic (exact) mass is 338 g/mol. The third-order valence-corrected chi connectivity index (χ3v) is 4.78. The topological polar surface area (TPSA) is 65.0 Å². The molecule has 126 valence electrons. The number of aromatic hydroxyl groups is 2. The van der Waals surface area contributed by atoms with Gasteiger partial charge in [-0.15, -0.1) is 5.06 Å². The molecule has 1 aliphatic carbocycles. The van der Waals surface area contributed by atoms with Crippen LogP contribution in [0.15, 0.2) is 17.8 Å². The molecular formula is C17H23ClN2O3. The van der Waals surface area contributed by atoms with Gasteiger partial charge in [-0.2, -0.15) is 0 Å². The third-order valence-electron chi connectivity index (χ3n) is 4.47. The molecular weight excluding hydrogens is 316 g/mol. The Morgan fingerprint density at radius 2 is 1.96 bits per heavy atom. The lowest BCUT2D eigenvalue weighted by Gasteiger charge is -2.24. The number of hydrogen-bond acceptors (Lipinski definition) is 5. The maximum Gasteiger partial charge on any atom is 0.178 e. The van der Waals surface area contributed by atoms with Crippen LogP contribution in [-0.4, -0.2) is 34.4 Å². The Kier molecular flexibility index (Phi) is 4.87. The van der Waals surface area contributed by atoms with Crippen LogP contribution in [-0.2, 0) is 4.84 Å². The number of phenolic OH excluding ortho intramolecular Hbond substituents is 2. The molecule has 0 radical (unpaired) electrons. The van der Waals surface area contributed by atoms with Gasteiger partial charge >= 0.3 is 0 Å². The molecule has 0 aromatic heterocycles. The molecule has 3 rings (SSSR count). The molecule has 0 bridgehead atoms. The van der Waals surface area contributed by atoms with Gasteiger partial charge in [0, 0.05) is 18.7 Å². The Balaban J connectivity index is 1.91. The maximum absolute atomic E-state index is 10.2. The van der Waals surface area contributed by atoms with Gasteiger partial charge in [0.05, 0.1) is 22.8 Å². The zero-order valence-electron chi connectivity index (χ0n) is 13.3. The molecule has 1 aromatic rings. The summed E-state index contributed by atoms with van der Waals surface area (Å²) >= 11 is 6.00. The van der Waals surface area contributed by atoms with Crippen LogP contribution < -0.4 is 5.32 Å². The van der Waals surface area contributed by atoms with Crippen LogP contribution in [0.5, 0.6) is 11.5 Å². The molecule has 6 heteroatoms. The lowest BCUT2D eigenvalue weighted by Crippen LogP contribution is -2.33. The summed E-state index contributed by atoms with van der Waals surface area (Å²) in [6.07, 6.45) is 6.11. The van der Waals surface area contributed by atoms with Crippen molar-refractivity contribution in [2.75, 3.05) is 13.1 Å². The van der Waals surface area contributed by atoms with Gasteiger partial charge in [-0.3, -0.25) is 0 Å². The van der Waals surface area contributed by atoms with E-state index >= 15 is 0 Å². The van der Waals surface area contributed by atoms with E-state index in [1.807, 2.05) is 12.0 Å². The summed E-state index contributed by atoms with van der Waals surface area (Å²) in [5, 5.41) is 25.4. The van der Waals surface area contributed by atoms with E-state index in [1.54, 1.807) is 6.07 Å². The number of hydrogen-bond donors (Lipinski definition) is 3. The average Bonchev–Trinajstić information content (AvgIpc) is 2.95. The molecule has 0 amide bonds. The number of phenols is 2. The first kappa shape index (κ1) is 16.3. The molecule has 1 aromatic carbocycles. The van der Waals surface area contributed by atoms with Crippen molar-refractivity contribution in [3.05, 3.63) is 28.4 Å². The van der Waals surface area contributed by atoms with E-state index in [1.165, 1.54) is 25.3 Å².